The number of hydrogen-bond acceptors (Lipinski definition) is 4. The monoisotopic (exact) mass is 210 g/mol. The summed E-state index contributed by atoms with van der Waals surface area (Å²) in [6.07, 6.45) is 2.18. The smallest absolute Gasteiger partial charge is 0.259 e. The predicted octanol–water partition coefficient (Wildman–Crippen LogP) is 0.709. The van der Waals surface area contributed by atoms with Crippen molar-refractivity contribution in [2.75, 3.05) is 26.3 Å². The molecule has 1 fully saturated rings. The highest BCUT2D eigenvalue weighted by molar-refractivity contribution is 5.94. The van der Waals surface area contributed by atoms with Gasteiger partial charge in [-0.3, -0.25) is 4.79 Å². The zero-order valence-electron chi connectivity index (χ0n) is 8.73. The molecule has 0 N–H and O–H groups in total. The van der Waals surface area contributed by atoms with Gasteiger partial charge in [-0.15, -0.1) is 0 Å². The molecule has 0 spiro atoms. The first kappa shape index (κ1) is 10.2. The quantitative estimate of drug-likeness (QED) is 0.721. The lowest BCUT2D eigenvalue weighted by Gasteiger charge is -2.26. The van der Waals surface area contributed by atoms with Gasteiger partial charge >= 0.3 is 0 Å². The second-order valence-corrected chi connectivity index (χ2v) is 3.42. The fourth-order valence-electron chi connectivity index (χ4n) is 1.63. The second kappa shape index (κ2) is 4.44. The number of carbonyl (C=O) groups is 1. The number of morpholine rings is 1. The molecule has 15 heavy (non-hydrogen) atoms. The van der Waals surface area contributed by atoms with Crippen LogP contribution in [0.2, 0.25) is 0 Å². The minimum atomic E-state index is -0.00333. The zero-order chi connectivity index (χ0) is 10.7. The molecule has 0 bridgehead atoms. The Morgan fingerprint density at radius 3 is 2.93 bits per heavy atom. The SMILES string of the molecule is CCc1oncc1C(=O)N1CCOCC1. The molecule has 2 rings (SSSR count). The van der Waals surface area contributed by atoms with Crippen LogP contribution in [0.15, 0.2) is 10.7 Å². The standard InChI is InChI=1S/C10H14N2O3/c1-2-9-8(7-11-15-9)10(13)12-3-5-14-6-4-12/h7H,2-6H2,1H3. The van der Waals surface area contributed by atoms with Crippen LogP contribution in [0.3, 0.4) is 0 Å². The van der Waals surface area contributed by atoms with E-state index in [4.69, 9.17) is 9.26 Å². The molecular weight excluding hydrogens is 196 g/mol. The van der Waals surface area contributed by atoms with Crippen molar-refractivity contribution in [2.45, 2.75) is 13.3 Å². The van der Waals surface area contributed by atoms with E-state index >= 15 is 0 Å². The highest BCUT2D eigenvalue weighted by Gasteiger charge is 2.22. The molecule has 82 valence electrons. The van der Waals surface area contributed by atoms with Crippen LogP contribution in [-0.2, 0) is 11.2 Å². The van der Waals surface area contributed by atoms with Crippen LogP contribution in [0.1, 0.15) is 23.0 Å². The van der Waals surface area contributed by atoms with Crippen molar-refractivity contribution in [2.24, 2.45) is 0 Å². The van der Waals surface area contributed by atoms with Crippen LogP contribution < -0.4 is 0 Å². The van der Waals surface area contributed by atoms with Crippen molar-refractivity contribution < 1.29 is 14.1 Å². The molecule has 0 unspecified atom stereocenters. The fourth-order valence-corrected chi connectivity index (χ4v) is 1.63. The minimum absolute atomic E-state index is 0.00333. The van der Waals surface area contributed by atoms with Gasteiger partial charge in [-0.2, -0.15) is 0 Å². The van der Waals surface area contributed by atoms with Gasteiger partial charge < -0.3 is 14.2 Å². The number of aromatic nitrogens is 1. The molecule has 0 radical (unpaired) electrons. The molecule has 2 heterocycles. The number of hydrogen-bond donors (Lipinski definition) is 0. The lowest BCUT2D eigenvalue weighted by molar-refractivity contribution is 0.0301. The normalized spacial score (nSPS) is 16.7. The fraction of sp³-hybridized carbons (Fsp3) is 0.600. The van der Waals surface area contributed by atoms with E-state index in [1.165, 1.54) is 6.20 Å². The Morgan fingerprint density at radius 1 is 1.53 bits per heavy atom. The van der Waals surface area contributed by atoms with E-state index in [0.717, 1.165) is 0 Å². The minimum Gasteiger partial charge on any atom is -0.378 e. The van der Waals surface area contributed by atoms with Gasteiger partial charge in [-0.05, 0) is 0 Å². The molecule has 1 saturated heterocycles. The van der Waals surface area contributed by atoms with Crippen molar-refractivity contribution in [3.8, 4) is 0 Å². The summed E-state index contributed by atoms with van der Waals surface area (Å²) in [6, 6.07) is 0. The zero-order valence-corrected chi connectivity index (χ0v) is 8.73. The van der Waals surface area contributed by atoms with Gasteiger partial charge in [0.25, 0.3) is 5.91 Å². The molecule has 1 aromatic heterocycles. The largest absolute Gasteiger partial charge is 0.378 e. The van der Waals surface area contributed by atoms with Gasteiger partial charge in [0.05, 0.1) is 19.4 Å². The highest BCUT2D eigenvalue weighted by atomic mass is 16.5. The highest BCUT2D eigenvalue weighted by Crippen LogP contribution is 2.12. The van der Waals surface area contributed by atoms with E-state index in [1.807, 2.05) is 6.92 Å². The summed E-state index contributed by atoms with van der Waals surface area (Å²) >= 11 is 0. The number of nitrogens with zero attached hydrogens (tertiary/aromatic N) is 2. The van der Waals surface area contributed by atoms with E-state index in [-0.39, 0.29) is 5.91 Å². The maximum Gasteiger partial charge on any atom is 0.259 e. The Hall–Kier alpha value is -1.36. The van der Waals surface area contributed by atoms with Gasteiger partial charge in [0, 0.05) is 19.5 Å². The number of ether oxygens (including phenoxy) is 1. The maximum atomic E-state index is 12.0. The van der Waals surface area contributed by atoms with E-state index in [9.17, 15) is 4.79 Å². The van der Waals surface area contributed by atoms with Crippen LogP contribution in [0.25, 0.3) is 0 Å². The van der Waals surface area contributed by atoms with Gasteiger partial charge in [0.1, 0.15) is 11.3 Å². The van der Waals surface area contributed by atoms with Gasteiger partial charge in [0.15, 0.2) is 0 Å². The Bertz CT molecular complexity index is 342. The maximum absolute atomic E-state index is 12.0. The average molecular weight is 210 g/mol. The van der Waals surface area contributed by atoms with E-state index in [1.54, 1.807) is 4.90 Å². The van der Waals surface area contributed by atoms with Gasteiger partial charge in [0.2, 0.25) is 0 Å². The third-order valence-electron chi connectivity index (χ3n) is 2.49. The predicted molar refractivity (Wildman–Crippen MR) is 52.6 cm³/mol. The molecule has 0 saturated carbocycles. The van der Waals surface area contributed by atoms with Crippen molar-refractivity contribution >= 4 is 5.91 Å². The topological polar surface area (TPSA) is 55.6 Å². The molecule has 5 nitrogen and oxygen atoms in total. The lowest BCUT2D eigenvalue weighted by Crippen LogP contribution is -2.40. The molecule has 1 aliphatic rings. The van der Waals surface area contributed by atoms with Crippen LogP contribution in [0.4, 0.5) is 0 Å². The summed E-state index contributed by atoms with van der Waals surface area (Å²) < 4.78 is 10.2. The van der Waals surface area contributed by atoms with Crippen molar-refractivity contribution in [3.63, 3.8) is 0 Å². The summed E-state index contributed by atoms with van der Waals surface area (Å²) in [5, 5.41) is 3.66. The Labute approximate surface area is 88.0 Å². The molecule has 5 heteroatoms. The van der Waals surface area contributed by atoms with Crippen molar-refractivity contribution in [3.05, 3.63) is 17.5 Å². The molecule has 0 aliphatic carbocycles. The number of amides is 1. The Kier molecular flexibility index (Phi) is 3.01. The molecule has 1 amide bonds. The van der Waals surface area contributed by atoms with Gasteiger partial charge in [-0.1, -0.05) is 12.1 Å². The average Bonchev–Trinajstić information content (AvgIpc) is 2.77. The molecule has 1 aliphatic heterocycles. The van der Waals surface area contributed by atoms with Crippen molar-refractivity contribution in [1.82, 2.24) is 10.1 Å². The first-order chi connectivity index (χ1) is 7.33. The first-order valence-electron chi connectivity index (χ1n) is 5.13. The van der Waals surface area contributed by atoms with E-state index in [0.29, 0.717) is 44.0 Å². The van der Waals surface area contributed by atoms with E-state index in [2.05, 4.69) is 5.16 Å². The van der Waals surface area contributed by atoms with Crippen LogP contribution in [0, 0.1) is 0 Å². The molecular formula is C10H14N2O3. The molecule has 0 aromatic carbocycles. The summed E-state index contributed by atoms with van der Waals surface area (Å²) in [7, 11) is 0. The number of carbonyl (C=O) groups excluding carboxylic acids is 1. The molecule has 0 atom stereocenters. The lowest BCUT2D eigenvalue weighted by atomic mass is 10.2. The van der Waals surface area contributed by atoms with E-state index < -0.39 is 0 Å². The summed E-state index contributed by atoms with van der Waals surface area (Å²) in [6.45, 7) is 4.45. The Balaban J connectivity index is 2.12. The third kappa shape index (κ3) is 2.02. The third-order valence-corrected chi connectivity index (χ3v) is 2.49. The van der Waals surface area contributed by atoms with Gasteiger partial charge in [-0.25, -0.2) is 0 Å². The first-order valence-corrected chi connectivity index (χ1v) is 5.13. The van der Waals surface area contributed by atoms with Crippen LogP contribution in [0.5, 0.6) is 0 Å². The number of aryl methyl sites for hydroxylation is 1. The Morgan fingerprint density at radius 2 is 2.27 bits per heavy atom. The summed E-state index contributed by atoms with van der Waals surface area (Å²) in [4.78, 5) is 13.8. The van der Waals surface area contributed by atoms with Crippen LogP contribution in [-0.4, -0.2) is 42.3 Å². The van der Waals surface area contributed by atoms with Crippen LogP contribution >= 0.6 is 0 Å². The summed E-state index contributed by atoms with van der Waals surface area (Å²) in [5.41, 5.74) is 0.583. The number of rotatable bonds is 2. The molecule has 1 aromatic rings. The summed E-state index contributed by atoms with van der Waals surface area (Å²) in [5.74, 6) is 0.655. The van der Waals surface area contributed by atoms with Crippen molar-refractivity contribution in [1.29, 1.82) is 0 Å². The second-order valence-electron chi connectivity index (χ2n) is 3.42.